The summed E-state index contributed by atoms with van der Waals surface area (Å²) in [5.41, 5.74) is 0. The third kappa shape index (κ3) is 3.12. The summed E-state index contributed by atoms with van der Waals surface area (Å²) in [7, 11) is 0. The molecule has 3 rings (SSSR count). The topological polar surface area (TPSA) is 54.5 Å². The van der Waals surface area contributed by atoms with Crippen molar-refractivity contribution in [3.8, 4) is 0 Å². The summed E-state index contributed by atoms with van der Waals surface area (Å²) in [5.74, 6) is 0.713. The number of ether oxygens (including phenoxy) is 1. The highest BCUT2D eigenvalue weighted by Gasteiger charge is 2.24. The minimum Gasteiger partial charge on any atom is -0.448 e. The molecule has 1 aromatic heterocycles. The van der Waals surface area contributed by atoms with Crippen LogP contribution in [0.2, 0.25) is 0 Å². The molecule has 1 N–H and O–H groups in total. The maximum Gasteiger partial charge on any atom is 0.409 e. The molecular weight excluding hydrogens is 274 g/mol. The molecule has 1 atom stereocenters. The lowest BCUT2D eigenvalue weighted by molar-refractivity contribution is 0.156. The van der Waals surface area contributed by atoms with Crippen molar-refractivity contribution in [2.45, 2.75) is 44.7 Å². The second kappa shape index (κ2) is 6.10. The van der Waals surface area contributed by atoms with E-state index in [-0.39, 0.29) is 12.1 Å². The summed E-state index contributed by atoms with van der Waals surface area (Å²) in [4.78, 5) is 18.9. The maximum atomic E-state index is 11.4. The SMILES string of the molecule is C[C@@H](CN1CCOC1=O)NCc1cnc(C2CCC2)s1. The van der Waals surface area contributed by atoms with Crippen LogP contribution in [0.4, 0.5) is 4.79 Å². The van der Waals surface area contributed by atoms with Crippen LogP contribution in [0.3, 0.4) is 0 Å². The zero-order valence-corrected chi connectivity index (χ0v) is 12.6. The van der Waals surface area contributed by atoms with E-state index in [1.807, 2.05) is 17.5 Å². The molecule has 2 fully saturated rings. The smallest absolute Gasteiger partial charge is 0.409 e. The molecule has 2 aliphatic rings. The van der Waals surface area contributed by atoms with Crippen molar-refractivity contribution in [1.29, 1.82) is 0 Å². The van der Waals surface area contributed by atoms with Crippen molar-refractivity contribution in [2.24, 2.45) is 0 Å². The molecule has 0 bridgehead atoms. The number of amides is 1. The molecule has 0 unspecified atom stereocenters. The van der Waals surface area contributed by atoms with Crippen LogP contribution in [-0.4, -0.2) is 41.7 Å². The van der Waals surface area contributed by atoms with Crippen LogP contribution in [0, 0.1) is 0 Å². The molecule has 1 saturated carbocycles. The van der Waals surface area contributed by atoms with Gasteiger partial charge in [-0.2, -0.15) is 0 Å². The number of carbonyl (C=O) groups excluding carboxylic acids is 1. The van der Waals surface area contributed by atoms with Crippen LogP contribution in [0.1, 0.15) is 42.0 Å². The minimum atomic E-state index is -0.191. The first-order valence-electron chi connectivity index (χ1n) is 7.32. The molecule has 0 aromatic carbocycles. The second-order valence-electron chi connectivity index (χ2n) is 5.63. The normalized spacial score (nSPS) is 20.9. The zero-order valence-electron chi connectivity index (χ0n) is 11.8. The Bertz CT molecular complexity index is 473. The van der Waals surface area contributed by atoms with E-state index in [1.165, 1.54) is 29.1 Å². The predicted octanol–water partition coefficient (Wildman–Crippen LogP) is 2.34. The standard InChI is InChI=1S/C14H21N3O2S/c1-10(9-17-5-6-19-14(17)18)15-7-12-8-16-13(20-12)11-3-2-4-11/h8,10-11,15H,2-7,9H2,1H3/t10-/m0/s1. The van der Waals surface area contributed by atoms with Crippen LogP contribution in [0.5, 0.6) is 0 Å². The van der Waals surface area contributed by atoms with Gasteiger partial charge in [0.05, 0.1) is 11.6 Å². The Balaban J connectivity index is 1.43. The monoisotopic (exact) mass is 295 g/mol. The highest BCUT2D eigenvalue weighted by atomic mass is 32.1. The molecule has 110 valence electrons. The molecule has 1 amide bonds. The Hall–Kier alpha value is -1.14. The molecule has 0 spiro atoms. The van der Waals surface area contributed by atoms with Gasteiger partial charge in [-0.1, -0.05) is 6.42 Å². The van der Waals surface area contributed by atoms with Gasteiger partial charge >= 0.3 is 6.09 Å². The lowest BCUT2D eigenvalue weighted by Crippen LogP contribution is -2.39. The molecule has 20 heavy (non-hydrogen) atoms. The van der Waals surface area contributed by atoms with E-state index < -0.39 is 0 Å². The number of cyclic esters (lactones) is 1. The van der Waals surface area contributed by atoms with Gasteiger partial charge in [-0.05, 0) is 19.8 Å². The lowest BCUT2D eigenvalue weighted by Gasteiger charge is -2.22. The first-order valence-corrected chi connectivity index (χ1v) is 8.13. The summed E-state index contributed by atoms with van der Waals surface area (Å²) >= 11 is 1.82. The van der Waals surface area contributed by atoms with Crippen molar-refractivity contribution in [2.75, 3.05) is 19.7 Å². The molecule has 1 aromatic rings. The zero-order chi connectivity index (χ0) is 13.9. The first kappa shape index (κ1) is 13.8. The summed E-state index contributed by atoms with van der Waals surface area (Å²) in [5, 5.41) is 4.75. The van der Waals surface area contributed by atoms with Gasteiger partial charge in [0.2, 0.25) is 0 Å². The minimum absolute atomic E-state index is 0.191. The number of thiazole rings is 1. The molecular formula is C14H21N3O2S. The quantitative estimate of drug-likeness (QED) is 0.875. The van der Waals surface area contributed by atoms with E-state index in [0.717, 1.165) is 6.54 Å². The van der Waals surface area contributed by atoms with Crippen molar-refractivity contribution < 1.29 is 9.53 Å². The maximum absolute atomic E-state index is 11.4. The number of aromatic nitrogens is 1. The number of hydrogen-bond acceptors (Lipinski definition) is 5. The molecule has 5 nitrogen and oxygen atoms in total. The van der Waals surface area contributed by atoms with Gasteiger partial charge in [-0.3, -0.25) is 0 Å². The van der Waals surface area contributed by atoms with E-state index in [0.29, 0.717) is 25.6 Å². The van der Waals surface area contributed by atoms with Gasteiger partial charge in [-0.15, -0.1) is 11.3 Å². The Morgan fingerprint density at radius 2 is 2.45 bits per heavy atom. The van der Waals surface area contributed by atoms with Gasteiger partial charge in [0, 0.05) is 36.1 Å². The van der Waals surface area contributed by atoms with Crippen molar-refractivity contribution in [3.05, 3.63) is 16.1 Å². The first-order chi connectivity index (χ1) is 9.72. The third-order valence-corrected chi connectivity index (χ3v) is 5.15. The fraction of sp³-hybridized carbons (Fsp3) is 0.714. The summed E-state index contributed by atoms with van der Waals surface area (Å²) < 4.78 is 4.93. The van der Waals surface area contributed by atoms with Gasteiger partial charge in [0.25, 0.3) is 0 Å². The van der Waals surface area contributed by atoms with Crippen LogP contribution < -0.4 is 5.32 Å². The average molecular weight is 295 g/mol. The second-order valence-corrected chi connectivity index (χ2v) is 6.78. The number of hydrogen-bond donors (Lipinski definition) is 1. The van der Waals surface area contributed by atoms with Gasteiger partial charge in [-0.25, -0.2) is 9.78 Å². The Labute approximate surface area is 123 Å². The van der Waals surface area contributed by atoms with Crippen molar-refractivity contribution in [1.82, 2.24) is 15.2 Å². The molecule has 1 saturated heterocycles. The van der Waals surface area contributed by atoms with E-state index in [1.54, 1.807) is 4.90 Å². The largest absolute Gasteiger partial charge is 0.448 e. The van der Waals surface area contributed by atoms with Crippen LogP contribution >= 0.6 is 11.3 Å². The van der Waals surface area contributed by atoms with E-state index >= 15 is 0 Å². The fourth-order valence-electron chi connectivity index (χ4n) is 2.51. The van der Waals surface area contributed by atoms with Gasteiger partial charge < -0.3 is 15.0 Å². The van der Waals surface area contributed by atoms with Crippen molar-refractivity contribution >= 4 is 17.4 Å². The highest BCUT2D eigenvalue weighted by molar-refractivity contribution is 7.11. The molecule has 2 heterocycles. The average Bonchev–Trinajstić information content (AvgIpc) is 2.96. The molecule has 6 heteroatoms. The molecule has 0 radical (unpaired) electrons. The Morgan fingerprint density at radius 3 is 3.10 bits per heavy atom. The van der Waals surface area contributed by atoms with Crippen molar-refractivity contribution in [3.63, 3.8) is 0 Å². The summed E-state index contributed by atoms with van der Waals surface area (Å²) in [6.07, 6.45) is 5.74. The van der Waals surface area contributed by atoms with E-state index in [9.17, 15) is 4.79 Å². The van der Waals surface area contributed by atoms with E-state index in [4.69, 9.17) is 4.74 Å². The highest BCUT2D eigenvalue weighted by Crippen LogP contribution is 2.38. The van der Waals surface area contributed by atoms with Gasteiger partial charge in [0.15, 0.2) is 0 Å². The number of nitrogens with one attached hydrogen (secondary N) is 1. The predicted molar refractivity (Wildman–Crippen MR) is 77.9 cm³/mol. The summed E-state index contributed by atoms with van der Waals surface area (Å²) in [6, 6.07) is 0.259. The Morgan fingerprint density at radius 1 is 1.60 bits per heavy atom. The Kier molecular flexibility index (Phi) is 4.21. The fourth-order valence-corrected chi connectivity index (χ4v) is 3.55. The van der Waals surface area contributed by atoms with Crippen LogP contribution in [-0.2, 0) is 11.3 Å². The molecule has 1 aliphatic heterocycles. The van der Waals surface area contributed by atoms with E-state index in [2.05, 4.69) is 17.2 Å². The van der Waals surface area contributed by atoms with Crippen LogP contribution in [0.15, 0.2) is 6.20 Å². The lowest BCUT2D eigenvalue weighted by atomic mass is 9.86. The number of rotatable bonds is 6. The van der Waals surface area contributed by atoms with Gasteiger partial charge in [0.1, 0.15) is 6.61 Å². The van der Waals surface area contributed by atoms with Crippen LogP contribution in [0.25, 0.3) is 0 Å². The number of carbonyl (C=O) groups is 1. The third-order valence-electron chi connectivity index (χ3n) is 3.99. The summed E-state index contributed by atoms with van der Waals surface area (Å²) in [6.45, 7) is 4.85. The molecule has 1 aliphatic carbocycles. The number of nitrogens with zero attached hydrogens (tertiary/aromatic N) is 2.